The third-order valence-corrected chi connectivity index (χ3v) is 7.09. The molecule has 2 amide bonds. The van der Waals surface area contributed by atoms with Crippen molar-refractivity contribution in [3.8, 4) is 11.5 Å². The highest BCUT2D eigenvalue weighted by Gasteiger charge is 2.50. The van der Waals surface area contributed by atoms with E-state index < -0.39 is 17.4 Å². The monoisotopic (exact) mass is 482 g/mol. The molecule has 186 valence electrons. The first-order chi connectivity index (χ1) is 16.8. The van der Waals surface area contributed by atoms with Crippen LogP contribution in [0.4, 0.5) is 5.69 Å². The van der Waals surface area contributed by atoms with Gasteiger partial charge in [-0.15, -0.1) is 0 Å². The summed E-state index contributed by atoms with van der Waals surface area (Å²) in [5.41, 5.74) is -0.549. The quantitative estimate of drug-likeness (QED) is 0.652. The summed E-state index contributed by atoms with van der Waals surface area (Å²) in [5, 5.41) is 7.49. The first-order valence-electron chi connectivity index (χ1n) is 12.1. The fourth-order valence-electron chi connectivity index (χ4n) is 5.06. The van der Waals surface area contributed by atoms with Crippen LogP contribution in [0.5, 0.6) is 11.5 Å². The predicted octanol–water partition coefficient (Wildman–Crippen LogP) is 2.90. The van der Waals surface area contributed by atoms with Gasteiger partial charge in [0, 0.05) is 23.9 Å². The standard InChI is InChI=1S/C25H30N4O6/c1-4-33-23(31)18-12-19-22(30)29(17-9-10-20-21(11-17)35-14-34-20)25(3,13-28(19)27-18)24(32)26-16-7-5-15(2)6-8-16/h9-12,15-16H,4-8,13-14H2,1-3H3,(H,26,32)/t15?,16?,25-/m0/s1. The molecular weight excluding hydrogens is 452 g/mol. The predicted molar refractivity (Wildman–Crippen MR) is 126 cm³/mol. The molecule has 3 heterocycles. The molecule has 10 nitrogen and oxygen atoms in total. The number of rotatable bonds is 5. The van der Waals surface area contributed by atoms with Crippen molar-refractivity contribution < 1.29 is 28.6 Å². The second-order valence-corrected chi connectivity index (χ2v) is 9.68. The number of amides is 2. The van der Waals surface area contributed by atoms with E-state index in [-0.39, 0.29) is 43.3 Å². The van der Waals surface area contributed by atoms with Crippen LogP contribution in [0.25, 0.3) is 0 Å². The summed E-state index contributed by atoms with van der Waals surface area (Å²) >= 11 is 0. The zero-order valence-electron chi connectivity index (χ0n) is 20.2. The van der Waals surface area contributed by atoms with Crippen molar-refractivity contribution in [2.45, 2.75) is 64.6 Å². The number of fused-ring (bicyclic) bond motifs is 2. The average Bonchev–Trinajstić information content (AvgIpc) is 3.47. The molecule has 2 aliphatic heterocycles. The minimum absolute atomic E-state index is 0.0340. The fraction of sp³-hybridized carbons (Fsp3) is 0.520. The van der Waals surface area contributed by atoms with Crippen molar-refractivity contribution in [3.63, 3.8) is 0 Å². The van der Waals surface area contributed by atoms with Crippen molar-refractivity contribution in [2.75, 3.05) is 18.3 Å². The highest BCUT2D eigenvalue weighted by molar-refractivity contribution is 6.12. The van der Waals surface area contributed by atoms with Crippen molar-refractivity contribution >= 4 is 23.5 Å². The lowest BCUT2D eigenvalue weighted by Gasteiger charge is -2.44. The van der Waals surface area contributed by atoms with E-state index in [9.17, 15) is 14.4 Å². The molecule has 1 aliphatic carbocycles. The Hall–Kier alpha value is -3.56. The summed E-state index contributed by atoms with van der Waals surface area (Å²) in [6, 6.07) is 6.63. The van der Waals surface area contributed by atoms with Crippen LogP contribution in [-0.2, 0) is 16.1 Å². The van der Waals surface area contributed by atoms with Crippen molar-refractivity contribution in [1.82, 2.24) is 15.1 Å². The Morgan fingerprint density at radius 1 is 1.17 bits per heavy atom. The summed E-state index contributed by atoms with van der Waals surface area (Å²) in [6.07, 6.45) is 3.92. The van der Waals surface area contributed by atoms with E-state index >= 15 is 0 Å². The lowest BCUT2D eigenvalue weighted by atomic mass is 9.86. The molecule has 10 heteroatoms. The summed E-state index contributed by atoms with van der Waals surface area (Å²) < 4.78 is 17.4. The average molecular weight is 483 g/mol. The second-order valence-electron chi connectivity index (χ2n) is 9.68. The number of esters is 1. The summed E-state index contributed by atoms with van der Waals surface area (Å²) in [5.74, 6) is 0.420. The Kier molecular flexibility index (Phi) is 5.90. The smallest absolute Gasteiger partial charge is 0.358 e. The molecule has 1 aromatic heterocycles. The molecule has 1 aromatic carbocycles. The van der Waals surface area contributed by atoms with Crippen molar-refractivity contribution in [3.05, 3.63) is 35.7 Å². The Bertz CT molecular complexity index is 1170. The van der Waals surface area contributed by atoms with Gasteiger partial charge in [0.2, 0.25) is 12.7 Å². The number of anilines is 1. The molecule has 35 heavy (non-hydrogen) atoms. The highest BCUT2D eigenvalue weighted by atomic mass is 16.7. The van der Waals surface area contributed by atoms with E-state index in [1.165, 1.54) is 15.6 Å². The lowest BCUT2D eigenvalue weighted by molar-refractivity contribution is -0.127. The van der Waals surface area contributed by atoms with Gasteiger partial charge in [-0.25, -0.2) is 4.79 Å². The van der Waals surface area contributed by atoms with E-state index in [2.05, 4.69) is 17.3 Å². The topological polar surface area (TPSA) is 112 Å². The molecule has 0 unspecified atom stereocenters. The van der Waals surface area contributed by atoms with Gasteiger partial charge in [-0.3, -0.25) is 19.2 Å². The first-order valence-corrected chi connectivity index (χ1v) is 12.1. The summed E-state index contributed by atoms with van der Waals surface area (Å²) in [6.45, 7) is 6.02. The maximum atomic E-state index is 13.8. The number of aromatic nitrogens is 2. The Morgan fingerprint density at radius 2 is 1.91 bits per heavy atom. The third kappa shape index (κ3) is 4.11. The largest absolute Gasteiger partial charge is 0.461 e. The van der Waals surface area contributed by atoms with Crippen LogP contribution in [0.3, 0.4) is 0 Å². The van der Waals surface area contributed by atoms with E-state index in [1.54, 1.807) is 32.0 Å². The van der Waals surface area contributed by atoms with E-state index in [4.69, 9.17) is 14.2 Å². The maximum absolute atomic E-state index is 13.8. The van der Waals surface area contributed by atoms with Crippen LogP contribution in [0.15, 0.2) is 24.3 Å². The molecule has 1 saturated carbocycles. The minimum Gasteiger partial charge on any atom is -0.461 e. The summed E-state index contributed by atoms with van der Waals surface area (Å²) in [4.78, 5) is 41.4. The van der Waals surface area contributed by atoms with Crippen LogP contribution < -0.4 is 19.7 Å². The molecular formula is C25H30N4O6. The van der Waals surface area contributed by atoms with Gasteiger partial charge in [0.05, 0.1) is 13.2 Å². The van der Waals surface area contributed by atoms with Gasteiger partial charge in [0.25, 0.3) is 5.91 Å². The molecule has 1 N–H and O–H groups in total. The second kappa shape index (κ2) is 8.90. The van der Waals surface area contributed by atoms with Crippen LogP contribution in [0, 0.1) is 5.92 Å². The highest BCUT2D eigenvalue weighted by Crippen LogP contribution is 2.40. The summed E-state index contributed by atoms with van der Waals surface area (Å²) in [7, 11) is 0. The molecule has 0 saturated heterocycles. The number of carbonyl (C=O) groups is 3. The Balaban J connectivity index is 1.52. The molecule has 1 atom stereocenters. The van der Waals surface area contributed by atoms with Crippen LogP contribution in [0.1, 0.15) is 67.4 Å². The number of hydrogen-bond donors (Lipinski definition) is 1. The SMILES string of the molecule is CCOC(=O)c1cc2n(n1)C[C@@](C)(C(=O)NC1CCC(C)CC1)N(c1ccc3c(c1)OCO3)C2=O. The van der Waals surface area contributed by atoms with E-state index in [0.717, 1.165) is 25.7 Å². The number of benzene rings is 1. The number of nitrogens with zero attached hydrogens (tertiary/aromatic N) is 3. The minimum atomic E-state index is -1.29. The first kappa shape index (κ1) is 23.2. The maximum Gasteiger partial charge on any atom is 0.358 e. The number of ether oxygens (including phenoxy) is 3. The van der Waals surface area contributed by atoms with Gasteiger partial charge >= 0.3 is 5.97 Å². The van der Waals surface area contributed by atoms with Crippen molar-refractivity contribution in [1.29, 1.82) is 0 Å². The van der Waals surface area contributed by atoms with Crippen molar-refractivity contribution in [2.24, 2.45) is 5.92 Å². The third-order valence-electron chi connectivity index (χ3n) is 7.09. The lowest BCUT2D eigenvalue weighted by Crippen LogP contribution is -2.65. The molecule has 0 spiro atoms. The van der Waals surface area contributed by atoms with Gasteiger partial charge < -0.3 is 19.5 Å². The van der Waals surface area contributed by atoms with Crippen LogP contribution >= 0.6 is 0 Å². The van der Waals surface area contributed by atoms with Gasteiger partial charge in [0.15, 0.2) is 17.2 Å². The fourth-order valence-corrected chi connectivity index (χ4v) is 5.06. The van der Waals surface area contributed by atoms with Gasteiger partial charge in [-0.1, -0.05) is 6.92 Å². The normalized spacial score (nSPS) is 25.2. The molecule has 3 aliphatic rings. The van der Waals surface area contributed by atoms with Gasteiger partial charge in [-0.2, -0.15) is 5.10 Å². The van der Waals surface area contributed by atoms with Gasteiger partial charge in [0.1, 0.15) is 11.2 Å². The molecule has 0 bridgehead atoms. The molecule has 2 aromatic rings. The number of nitrogens with one attached hydrogen (secondary N) is 1. The van der Waals surface area contributed by atoms with E-state index in [1.807, 2.05) is 0 Å². The number of carbonyl (C=O) groups excluding carboxylic acids is 3. The number of hydrogen-bond acceptors (Lipinski definition) is 7. The van der Waals surface area contributed by atoms with E-state index in [0.29, 0.717) is 23.1 Å². The van der Waals surface area contributed by atoms with Crippen LogP contribution in [0.2, 0.25) is 0 Å². The van der Waals surface area contributed by atoms with Gasteiger partial charge in [-0.05, 0) is 57.6 Å². The molecule has 0 radical (unpaired) electrons. The Labute approximate surface area is 203 Å². The van der Waals surface area contributed by atoms with Crippen LogP contribution in [-0.4, -0.2) is 52.5 Å². The zero-order valence-corrected chi connectivity index (χ0v) is 20.2. The Morgan fingerprint density at radius 3 is 2.66 bits per heavy atom. The molecule has 5 rings (SSSR count). The zero-order chi connectivity index (χ0) is 24.7. The molecule has 1 fully saturated rings.